The van der Waals surface area contributed by atoms with E-state index in [9.17, 15) is 18.4 Å². The summed E-state index contributed by atoms with van der Waals surface area (Å²) < 4.78 is 26.0. The number of amides is 1. The lowest BCUT2D eigenvalue weighted by Crippen LogP contribution is -2.53. The van der Waals surface area contributed by atoms with Gasteiger partial charge in [-0.25, -0.2) is 8.78 Å². The molecule has 0 spiro atoms. The van der Waals surface area contributed by atoms with Crippen LogP contribution in [0.25, 0.3) is 0 Å². The van der Waals surface area contributed by atoms with Crippen molar-refractivity contribution in [2.75, 3.05) is 6.54 Å². The normalized spacial score (nSPS) is 18.5. The van der Waals surface area contributed by atoms with Gasteiger partial charge in [-0.2, -0.15) is 0 Å². The number of Topliss-reactive ketones (excluding diaryl/α,β-unsaturated/α-hetero) is 1. The van der Waals surface area contributed by atoms with Crippen molar-refractivity contribution in [1.82, 2.24) is 4.90 Å². The summed E-state index contributed by atoms with van der Waals surface area (Å²) in [7, 11) is 0. The van der Waals surface area contributed by atoms with E-state index < -0.39 is 23.1 Å². The molecule has 0 bridgehead atoms. The molecule has 1 aliphatic rings. The van der Waals surface area contributed by atoms with Gasteiger partial charge in [0.15, 0.2) is 17.4 Å². The molecule has 1 saturated heterocycles. The van der Waals surface area contributed by atoms with Crippen molar-refractivity contribution in [3.8, 4) is 0 Å². The third-order valence-corrected chi connectivity index (χ3v) is 3.49. The van der Waals surface area contributed by atoms with Gasteiger partial charge in [-0.1, -0.05) is 0 Å². The highest BCUT2D eigenvalue weighted by atomic mass is 19.2. The molecule has 102 valence electrons. The summed E-state index contributed by atoms with van der Waals surface area (Å²) in [6.07, 6.45) is 1.01. The van der Waals surface area contributed by atoms with Crippen LogP contribution in [0.4, 0.5) is 8.78 Å². The van der Waals surface area contributed by atoms with Crippen LogP contribution in [0.5, 0.6) is 0 Å². The van der Waals surface area contributed by atoms with E-state index in [2.05, 4.69) is 0 Å². The van der Waals surface area contributed by atoms with Crippen LogP contribution in [0.15, 0.2) is 18.2 Å². The quantitative estimate of drug-likeness (QED) is 0.784. The van der Waals surface area contributed by atoms with Crippen molar-refractivity contribution < 1.29 is 18.4 Å². The number of carbonyl (C=O) groups is 2. The number of benzene rings is 1. The largest absolute Gasteiger partial charge is 0.326 e. The molecule has 0 atom stereocenters. The second kappa shape index (κ2) is 4.72. The molecule has 3 nitrogen and oxygen atoms in total. The lowest BCUT2D eigenvalue weighted by Gasteiger charge is -2.41. The maximum Gasteiger partial charge on any atom is 0.254 e. The molecule has 1 aromatic rings. The number of carbonyl (C=O) groups excluding carboxylic acids is 2. The number of piperidine rings is 1. The van der Waals surface area contributed by atoms with Crippen LogP contribution in [0.3, 0.4) is 0 Å². The molecule has 1 aliphatic heterocycles. The highest BCUT2D eigenvalue weighted by molar-refractivity contribution is 5.98. The number of hydrogen-bond donors (Lipinski definition) is 0. The van der Waals surface area contributed by atoms with Gasteiger partial charge in [0.1, 0.15) is 0 Å². The maximum absolute atomic E-state index is 13.2. The molecule has 19 heavy (non-hydrogen) atoms. The fraction of sp³-hybridized carbons (Fsp3) is 0.429. The van der Waals surface area contributed by atoms with Crippen LogP contribution in [-0.2, 0) is 4.79 Å². The standard InChI is InChI=1S/C14H15F2NO2/c1-14(2)6-5-10(18)8-17(14)13(19)9-3-4-11(15)12(16)7-9/h3-4,7H,5-6,8H2,1-2H3. The fourth-order valence-corrected chi connectivity index (χ4v) is 2.18. The number of halogens is 2. The lowest BCUT2D eigenvalue weighted by molar-refractivity contribution is -0.124. The minimum absolute atomic E-state index is 0.0183. The Kier molecular flexibility index (Phi) is 3.39. The second-order valence-corrected chi connectivity index (χ2v) is 5.37. The Morgan fingerprint density at radius 3 is 2.58 bits per heavy atom. The minimum atomic E-state index is -1.06. The molecule has 0 aliphatic carbocycles. The van der Waals surface area contributed by atoms with Gasteiger partial charge in [0, 0.05) is 17.5 Å². The number of hydrogen-bond acceptors (Lipinski definition) is 2. The van der Waals surface area contributed by atoms with E-state index in [0.29, 0.717) is 12.8 Å². The van der Waals surface area contributed by atoms with Gasteiger partial charge < -0.3 is 4.90 Å². The summed E-state index contributed by atoms with van der Waals surface area (Å²) in [6.45, 7) is 3.74. The van der Waals surface area contributed by atoms with Gasteiger partial charge >= 0.3 is 0 Å². The van der Waals surface area contributed by atoms with E-state index in [4.69, 9.17) is 0 Å². The zero-order chi connectivity index (χ0) is 14.2. The van der Waals surface area contributed by atoms with E-state index in [-0.39, 0.29) is 17.9 Å². The summed E-state index contributed by atoms with van der Waals surface area (Å²) in [6, 6.07) is 3.02. The van der Waals surface area contributed by atoms with Crippen molar-refractivity contribution in [2.45, 2.75) is 32.2 Å². The molecule has 1 amide bonds. The highest BCUT2D eigenvalue weighted by Gasteiger charge is 2.37. The first-order valence-electron chi connectivity index (χ1n) is 6.10. The Labute approximate surface area is 110 Å². The molecule has 1 aromatic carbocycles. The van der Waals surface area contributed by atoms with Gasteiger partial charge in [-0.05, 0) is 38.5 Å². The molecule has 0 N–H and O–H groups in total. The molecule has 0 radical (unpaired) electrons. The monoisotopic (exact) mass is 267 g/mol. The Balaban J connectivity index is 2.31. The van der Waals surface area contributed by atoms with Gasteiger partial charge in [0.2, 0.25) is 0 Å². The van der Waals surface area contributed by atoms with E-state index in [1.54, 1.807) is 0 Å². The number of ketones is 1. The van der Waals surface area contributed by atoms with E-state index >= 15 is 0 Å². The molecular formula is C14H15F2NO2. The van der Waals surface area contributed by atoms with Crippen molar-refractivity contribution in [3.05, 3.63) is 35.4 Å². The predicted molar refractivity (Wildman–Crippen MR) is 65.7 cm³/mol. The third-order valence-electron chi connectivity index (χ3n) is 3.49. The molecule has 1 fully saturated rings. The number of rotatable bonds is 1. The predicted octanol–water partition coefficient (Wildman–Crippen LogP) is 2.55. The summed E-state index contributed by atoms with van der Waals surface area (Å²) in [5.41, 5.74) is -0.405. The number of nitrogens with zero attached hydrogens (tertiary/aromatic N) is 1. The summed E-state index contributed by atoms with van der Waals surface area (Å²) >= 11 is 0. The van der Waals surface area contributed by atoms with Crippen LogP contribution < -0.4 is 0 Å². The van der Waals surface area contributed by atoms with E-state index in [1.807, 2.05) is 13.8 Å². The van der Waals surface area contributed by atoms with Crippen LogP contribution >= 0.6 is 0 Å². The summed E-state index contributed by atoms with van der Waals surface area (Å²) in [4.78, 5) is 25.2. The Morgan fingerprint density at radius 2 is 1.95 bits per heavy atom. The summed E-state index contributed by atoms with van der Waals surface area (Å²) in [5.74, 6) is -2.52. The molecule has 2 rings (SSSR count). The maximum atomic E-state index is 13.2. The van der Waals surface area contributed by atoms with Gasteiger partial charge in [-0.3, -0.25) is 9.59 Å². The second-order valence-electron chi connectivity index (χ2n) is 5.37. The molecule has 0 saturated carbocycles. The molecule has 1 heterocycles. The zero-order valence-electron chi connectivity index (χ0n) is 10.9. The van der Waals surface area contributed by atoms with Crippen LogP contribution in [0, 0.1) is 11.6 Å². The molecule has 0 aromatic heterocycles. The topological polar surface area (TPSA) is 37.4 Å². The first-order valence-corrected chi connectivity index (χ1v) is 6.10. The van der Waals surface area contributed by atoms with Gasteiger partial charge in [0.05, 0.1) is 6.54 Å². The molecular weight excluding hydrogens is 252 g/mol. The fourth-order valence-electron chi connectivity index (χ4n) is 2.18. The van der Waals surface area contributed by atoms with Crippen molar-refractivity contribution >= 4 is 11.7 Å². The zero-order valence-corrected chi connectivity index (χ0v) is 10.9. The summed E-state index contributed by atoms with van der Waals surface area (Å²) in [5, 5.41) is 0. The SMILES string of the molecule is CC1(C)CCC(=O)CN1C(=O)c1ccc(F)c(F)c1. The molecule has 5 heteroatoms. The van der Waals surface area contributed by atoms with E-state index in [1.165, 1.54) is 11.0 Å². The Bertz CT molecular complexity index is 540. The lowest BCUT2D eigenvalue weighted by atomic mass is 9.89. The van der Waals surface area contributed by atoms with Crippen molar-refractivity contribution in [3.63, 3.8) is 0 Å². The van der Waals surface area contributed by atoms with Crippen LogP contribution in [0.2, 0.25) is 0 Å². The van der Waals surface area contributed by atoms with Crippen LogP contribution in [0.1, 0.15) is 37.0 Å². The number of likely N-dealkylation sites (tertiary alicyclic amines) is 1. The smallest absolute Gasteiger partial charge is 0.254 e. The van der Waals surface area contributed by atoms with Crippen molar-refractivity contribution in [1.29, 1.82) is 0 Å². The van der Waals surface area contributed by atoms with E-state index in [0.717, 1.165) is 12.1 Å². The molecule has 0 unspecified atom stereocenters. The Hall–Kier alpha value is -1.78. The highest BCUT2D eigenvalue weighted by Crippen LogP contribution is 2.27. The average molecular weight is 267 g/mol. The third kappa shape index (κ3) is 2.64. The Morgan fingerprint density at radius 1 is 1.26 bits per heavy atom. The average Bonchev–Trinajstić information content (AvgIpc) is 2.35. The first-order chi connectivity index (χ1) is 8.81. The van der Waals surface area contributed by atoms with Crippen LogP contribution in [-0.4, -0.2) is 28.7 Å². The first kappa shape index (κ1) is 13.6. The van der Waals surface area contributed by atoms with Crippen molar-refractivity contribution in [2.24, 2.45) is 0 Å². The minimum Gasteiger partial charge on any atom is -0.326 e. The van der Waals surface area contributed by atoms with Gasteiger partial charge in [0.25, 0.3) is 5.91 Å². The van der Waals surface area contributed by atoms with Gasteiger partial charge in [-0.15, -0.1) is 0 Å².